The third-order valence-corrected chi connectivity index (χ3v) is 5.45. The van der Waals surface area contributed by atoms with Crippen LogP contribution in [0.25, 0.3) is 16.9 Å². The lowest BCUT2D eigenvalue weighted by Gasteiger charge is -2.11. The van der Waals surface area contributed by atoms with Crippen molar-refractivity contribution in [2.75, 3.05) is 0 Å². The van der Waals surface area contributed by atoms with Gasteiger partial charge >= 0.3 is 0 Å². The molecule has 0 aliphatic heterocycles. The van der Waals surface area contributed by atoms with Crippen molar-refractivity contribution in [2.45, 2.75) is 39.7 Å². The molecule has 146 valence electrons. The van der Waals surface area contributed by atoms with Crippen LogP contribution in [0.4, 0.5) is 0 Å². The summed E-state index contributed by atoms with van der Waals surface area (Å²) in [5.41, 5.74) is 5.60. The number of nitrogens with zero attached hydrogens (tertiary/aromatic N) is 5. The fourth-order valence-corrected chi connectivity index (χ4v) is 3.82. The Morgan fingerprint density at radius 1 is 1.10 bits per heavy atom. The average Bonchev–Trinajstić information content (AvgIpc) is 3.28. The number of nitriles is 1. The number of imidazole rings is 1. The van der Waals surface area contributed by atoms with E-state index in [2.05, 4.69) is 41.6 Å². The van der Waals surface area contributed by atoms with E-state index in [9.17, 15) is 5.26 Å². The Labute approximate surface area is 175 Å². The molecule has 4 rings (SSSR count). The highest BCUT2D eigenvalue weighted by Gasteiger charge is 2.14. The van der Waals surface area contributed by atoms with Crippen LogP contribution in [-0.2, 0) is 13.0 Å². The highest BCUT2D eigenvalue weighted by Crippen LogP contribution is 2.23. The molecular weight excluding hydrogens is 382 g/mol. The van der Waals surface area contributed by atoms with Gasteiger partial charge in [0.25, 0.3) is 0 Å². The first-order valence-electron chi connectivity index (χ1n) is 9.79. The number of rotatable bonds is 6. The Morgan fingerprint density at radius 3 is 2.62 bits per heavy atom. The van der Waals surface area contributed by atoms with E-state index in [-0.39, 0.29) is 0 Å². The topological polar surface area (TPSA) is 59.4 Å². The zero-order chi connectivity index (χ0) is 20.4. The molecule has 0 atom stereocenters. The third-order valence-electron chi connectivity index (χ3n) is 5.15. The first kappa shape index (κ1) is 19.2. The number of pyridine rings is 1. The normalized spacial score (nSPS) is 11.1. The van der Waals surface area contributed by atoms with Gasteiger partial charge in [-0.2, -0.15) is 5.26 Å². The van der Waals surface area contributed by atoms with Crippen LogP contribution in [0.15, 0.2) is 48.7 Å². The molecule has 0 saturated heterocycles. The largest absolute Gasteiger partial charge is 0.308 e. The summed E-state index contributed by atoms with van der Waals surface area (Å²) in [6.07, 6.45) is 5.02. The molecule has 0 N–H and O–H groups in total. The summed E-state index contributed by atoms with van der Waals surface area (Å²) in [5.74, 6) is 1.08. The van der Waals surface area contributed by atoms with Crippen molar-refractivity contribution in [2.24, 2.45) is 0 Å². The zero-order valence-electron chi connectivity index (χ0n) is 16.6. The Hall–Kier alpha value is -3.10. The Balaban J connectivity index is 1.69. The summed E-state index contributed by atoms with van der Waals surface area (Å²) in [5, 5.41) is 9.82. The number of unbranched alkanes of at least 4 members (excludes halogenated alkanes) is 1. The lowest BCUT2D eigenvalue weighted by atomic mass is 10.2. The van der Waals surface area contributed by atoms with Gasteiger partial charge in [-0.25, -0.2) is 9.97 Å². The highest BCUT2D eigenvalue weighted by atomic mass is 35.5. The molecule has 0 radical (unpaired) electrons. The Morgan fingerprint density at radius 2 is 1.90 bits per heavy atom. The lowest BCUT2D eigenvalue weighted by Crippen LogP contribution is -2.06. The number of fused-ring (bicyclic) bond motifs is 1. The molecule has 0 unspecified atom stereocenters. The second-order valence-corrected chi connectivity index (χ2v) is 7.56. The summed E-state index contributed by atoms with van der Waals surface area (Å²) in [6, 6.07) is 15.8. The SMILES string of the molecule is CCCCc1nc2c(C)ccnc2n1Cc1ccc(-n2c(Cl)ccc2C#N)cc1. The van der Waals surface area contributed by atoms with Gasteiger partial charge in [0.05, 0.1) is 6.54 Å². The first-order chi connectivity index (χ1) is 14.1. The monoisotopic (exact) mass is 403 g/mol. The predicted octanol–water partition coefficient (Wildman–Crippen LogP) is 5.45. The van der Waals surface area contributed by atoms with E-state index in [1.807, 2.05) is 24.4 Å². The molecule has 0 bridgehead atoms. The molecule has 29 heavy (non-hydrogen) atoms. The van der Waals surface area contributed by atoms with Crippen LogP contribution < -0.4 is 0 Å². The molecule has 0 aliphatic carbocycles. The van der Waals surface area contributed by atoms with E-state index in [1.165, 1.54) is 0 Å². The van der Waals surface area contributed by atoms with E-state index < -0.39 is 0 Å². The van der Waals surface area contributed by atoms with E-state index in [1.54, 1.807) is 16.7 Å². The number of hydrogen-bond donors (Lipinski definition) is 0. The van der Waals surface area contributed by atoms with Crippen LogP contribution in [0, 0.1) is 18.3 Å². The molecule has 0 saturated carbocycles. The van der Waals surface area contributed by atoms with Gasteiger partial charge in [-0.05, 0) is 54.8 Å². The molecule has 3 heterocycles. The van der Waals surface area contributed by atoms with Crippen LogP contribution in [0.2, 0.25) is 5.15 Å². The maximum absolute atomic E-state index is 9.30. The minimum absolute atomic E-state index is 0.518. The van der Waals surface area contributed by atoms with Crippen molar-refractivity contribution < 1.29 is 0 Å². The van der Waals surface area contributed by atoms with Crippen LogP contribution in [0.5, 0.6) is 0 Å². The third kappa shape index (κ3) is 3.64. The highest BCUT2D eigenvalue weighted by molar-refractivity contribution is 6.30. The number of hydrogen-bond acceptors (Lipinski definition) is 3. The summed E-state index contributed by atoms with van der Waals surface area (Å²) >= 11 is 6.25. The van der Waals surface area contributed by atoms with Gasteiger partial charge in [0, 0.05) is 18.3 Å². The van der Waals surface area contributed by atoms with Gasteiger partial charge in [-0.1, -0.05) is 37.1 Å². The molecule has 5 nitrogen and oxygen atoms in total. The van der Waals surface area contributed by atoms with Gasteiger partial charge < -0.3 is 4.57 Å². The van der Waals surface area contributed by atoms with Gasteiger partial charge in [-0.15, -0.1) is 0 Å². The maximum Gasteiger partial charge on any atom is 0.160 e. The van der Waals surface area contributed by atoms with E-state index in [4.69, 9.17) is 16.6 Å². The van der Waals surface area contributed by atoms with Crippen LogP contribution in [0.1, 0.15) is 42.4 Å². The van der Waals surface area contributed by atoms with Crippen molar-refractivity contribution in [3.8, 4) is 11.8 Å². The van der Waals surface area contributed by atoms with E-state index in [0.717, 1.165) is 53.1 Å². The molecule has 0 amide bonds. The number of benzene rings is 1. The molecule has 1 aromatic carbocycles. The summed E-state index contributed by atoms with van der Waals surface area (Å²) in [4.78, 5) is 9.48. The quantitative estimate of drug-likeness (QED) is 0.430. The number of aromatic nitrogens is 4. The molecule has 0 spiro atoms. The second-order valence-electron chi connectivity index (χ2n) is 7.17. The lowest BCUT2D eigenvalue weighted by molar-refractivity contribution is 0.686. The fraction of sp³-hybridized carbons (Fsp3) is 0.261. The van der Waals surface area contributed by atoms with Gasteiger partial charge in [0.2, 0.25) is 0 Å². The first-order valence-corrected chi connectivity index (χ1v) is 10.2. The second kappa shape index (κ2) is 8.10. The van der Waals surface area contributed by atoms with Crippen LogP contribution in [-0.4, -0.2) is 19.1 Å². The van der Waals surface area contributed by atoms with Gasteiger partial charge in [-0.3, -0.25) is 4.57 Å². The fourth-order valence-electron chi connectivity index (χ4n) is 3.57. The molecule has 0 fully saturated rings. The number of aryl methyl sites for hydroxylation is 2. The molecular formula is C23H22ClN5. The maximum atomic E-state index is 9.30. The van der Waals surface area contributed by atoms with Crippen molar-refractivity contribution in [3.63, 3.8) is 0 Å². The Kier molecular flexibility index (Phi) is 5.37. The number of halogens is 1. The van der Waals surface area contributed by atoms with Gasteiger partial charge in [0.15, 0.2) is 5.65 Å². The van der Waals surface area contributed by atoms with Crippen LogP contribution in [0.3, 0.4) is 0 Å². The van der Waals surface area contributed by atoms with Crippen molar-refractivity contribution in [3.05, 3.63) is 76.5 Å². The standard InChI is InChI=1S/C23H22ClN5/c1-3-4-5-21-27-22-16(2)12-13-26-23(22)28(21)15-17-6-8-18(9-7-17)29-19(14-25)10-11-20(29)24/h6-13H,3-5,15H2,1-2H3. The zero-order valence-corrected chi connectivity index (χ0v) is 17.3. The smallest absolute Gasteiger partial charge is 0.160 e. The summed E-state index contributed by atoms with van der Waals surface area (Å²) in [7, 11) is 0. The van der Waals surface area contributed by atoms with Crippen molar-refractivity contribution in [1.82, 2.24) is 19.1 Å². The van der Waals surface area contributed by atoms with Crippen molar-refractivity contribution in [1.29, 1.82) is 5.26 Å². The summed E-state index contributed by atoms with van der Waals surface area (Å²) in [6.45, 7) is 4.97. The minimum atomic E-state index is 0.518. The van der Waals surface area contributed by atoms with Gasteiger partial charge in [0.1, 0.15) is 28.3 Å². The molecule has 6 heteroatoms. The van der Waals surface area contributed by atoms with E-state index in [0.29, 0.717) is 17.4 Å². The molecule has 4 aromatic rings. The average molecular weight is 404 g/mol. The Bertz CT molecular complexity index is 1190. The summed E-state index contributed by atoms with van der Waals surface area (Å²) < 4.78 is 3.96. The van der Waals surface area contributed by atoms with E-state index >= 15 is 0 Å². The molecule has 3 aromatic heterocycles. The molecule has 0 aliphatic rings. The van der Waals surface area contributed by atoms with Crippen molar-refractivity contribution >= 4 is 22.8 Å². The predicted molar refractivity (Wildman–Crippen MR) is 115 cm³/mol. The minimum Gasteiger partial charge on any atom is -0.308 e. The van der Waals surface area contributed by atoms with Crippen LogP contribution >= 0.6 is 11.6 Å².